The van der Waals surface area contributed by atoms with Crippen LogP contribution in [0.25, 0.3) is 0 Å². The second kappa shape index (κ2) is 11.9. The fourth-order valence-corrected chi connectivity index (χ4v) is 1.18. The van der Waals surface area contributed by atoms with Crippen molar-refractivity contribution in [1.29, 1.82) is 0 Å². The number of carbonyl (C=O) groups is 2. The predicted octanol–water partition coefficient (Wildman–Crippen LogP) is -8.27. The van der Waals surface area contributed by atoms with Crippen LogP contribution >= 0.6 is 0 Å². The Balaban J connectivity index is -0.000000980. The molecule has 0 aliphatic heterocycles. The lowest BCUT2D eigenvalue weighted by Gasteiger charge is -2.07. The van der Waals surface area contributed by atoms with Gasteiger partial charge in [0.15, 0.2) is 12.1 Å². The van der Waals surface area contributed by atoms with E-state index in [1.165, 1.54) is 14.2 Å². The first-order chi connectivity index (χ1) is 7.02. The molecule has 0 aliphatic carbocycles. The second-order valence-electron chi connectivity index (χ2n) is 3.37. The van der Waals surface area contributed by atoms with Gasteiger partial charge in [-0.1, -0.05) is 0 Å². The van der Waals surface area contributed by atoms with Gasteiger partial charge in [0.05, 0.1) is 14.2 Å². The van der Waals surface area contributed by atoms with E-state index in [1.807, 2.05) is 0 Å². The molecule has 6 N–H and O–H groups in total. The van der Waals surface area contributed by atoms with E-state index in [2.05, 4.69) is 20.9 Å². The molecule has 0 bridgehead atoms. The molecule has 0 fully saturated rings. The minimum atomic E-state index is -0.375. The van der Waals surface area contributed by atoms with Crippen molar-refractivity contribution in [3.63, 3.8) is 0 Å². The molecule has 0 radical (unpaired) electrons. The van der Waals surface area contributed by atoms with Crippen LogP contribution in [0.3, 0.4) is 0 Å². The molecule has 6 nitrogen and oxygen atoms in total. The molecule has 0 aromatic carbocycles. The van der Waals surface area contributed by atoms with E-state index in [0.717, 1.165) is 0 Å². The highest BCUT2D eigenvalue weighted by Crippen LogP contribution is 2.02. The SMILES string of the molecule is COC(=O)C([NH3+])CCCC([NH3+])C(=O)OC.[Cl-].[Cl-]. The van der Waals surface area contributed by atoms with Crippen LogP contribution in [0.4, 0.5) is 0 Å². The average molecular weight is 291 g/mol. The monoisotopic (exact) mass is 290 g/mol. The van der Waals surface area contributed by atoms with Crippen LogP contribution < -0.4 is 36.3 Å². The number of rotatable bonds is 6. The Kier molecular flexibility index (Phi) is 15.2. The number of esters is 2. The van der Waals surface area contributed by atoms with Crippen molar-refractivity contribution in [2.45, 2.75) is 31.3 Å². The molecule has 8 heteroatoms. The van der Waals surface area contributed by atoms with Gasteiger partial charge >= 0.3 is 11.9 Å². The van der Waals surface area contributed by atoms with E-state index in [0.29, 0.717) is 19.3 Å². The number of carbonyl (C=O) groups excluding carboxylic acids is 2. The summed E-state index contributed by atoms with van der Waals surface area (Å²) in [5, 5.41) is 0. The zero-order chi connectivity index (χ0) is 11.8. The lowest BCUT2D eigenvalue weighted by atomic mass is 10.1. The van der Waals surface area contributed by atoms with Gasteiger partial charge in [-0.15, -0.1) is 0 Å². The Labute approximate surface area is 113 Å². The molecule has 0 aromatic heterocycles. The first-order valence-corrected chi connectivity index (χ1v) is 4.84. The summed E-state index contributed by atoms with van der Waals surface area (Å²) in [5.74, 6) is -0.651. The number of quaternary nitrogens is 2. The maximum Gasteiger partial charge on any atom is 0.364 e. The average Bonchev–Trinajstić information content (AvgIpc) is 2.26. The van der Waals surface area contributed by atoms with Crippen LogP contribution in [0.2, 0.25) is 0 Å². The molecule has 0 heterocycles. The van der Waals surface area contributed by atoms with Gasteiger partial charge in [-0.05, 0) is 6.42 Å². The fourth-order valence-electron chi connectivity index (χ4n) is 1.18. The number of methoxy groups -OCH3 is 2. The van der Waals surface area contributed by atoms with Crippen molar-refractivity contribution in [3.05, 3.63) is 0 Å². The first kappa shape index (κ1) is 21.7. The van der Waals surface area contributed by atoms with Gasteiger partial charge in [0.1, 0.15) is 0 Å². The summed E-state index contributed by atoms with van der Waals surface area (Å²) >= 11 is 0. The van der Waals surface area contributed by atoms with Crippen molar-refractivity contribution >= 4 is 11.9 Å². The van der Waals surface area contributed by atoms with Gasteiger partial charge < -0.3 is 45.8 Å². The maximum atomic E-state index is 11.0. The van der Waals surface area contributed by atoms with E-state index in [1.54, 1.807) is 0 Å². The number of hydrogen-bond donors (Lipinski definition) is 2. The second-order valence-corrected chi connectivity index (χ2v) is 3.37. The maximum absolute atomic E-state index is 11.0. The van der Waals surface area contributed by atoms with Gasteiger partial charge in [0, 0.05) is 12.8 Å². The number of ether oxygens (including phenoxy) is 2. The summed E-state index contributed by atoms with van der Waals surface area (Å²) in [6, 6.07) is -0.750. The van der Waals surface area contributed by atoms with Crippen LogP contribution in [0.5, 0.6) is 0 Å². The molecule has 0 aromatic rings. The summed E-state index contributed by atoms with van der Waals surface area (Å²) < 4.78 is 9.06. The van der Waals surface area contributed by atoms with Gasteiger partial charge in [-0.2, -0.15) is 0 Å². The fraction of sp³-hybridized carbons (Fsp3) is 0.778. The highest BCUT2D eigenvalue weighted by atomic mass is 35.5. The minimum Gasteiger partial charge on any atom is -1.00 e. The van der Waals surface area contributed by atoms with Gasteiger partial charge in [-0.3, -0.25) is 0 Å². The van der Waals surface area contributed by atoms with Gasteiger partial charge in [0.2, 0.25) is 0 Å². The molecule has 0 spiro atoms. The number of halogens is 2. The largest absolute Gasteiger partial charge is 1.00 e. The van der Waals surface area contributed by atoms with Crippen LogP contribution in [-0.4, -0.2) is 38.2 Å². The molecular weight excluding hydrogens is 271 g/mol. The lowest BCUT2D eigenvalue weighted by Crippen LogP contribution is -3.00. The summed E-state index contributed by atoms with van der Waals surface area (Å²) in [7, 11) is 2.66. The Bertz CT molecular complexity index is 207. The van der Waals surface area contributed by atoms with Crippen LogP contribution in [-0.2, 0) is 19.1 Å². The summed E-state index contributed by atoms with van der Waals surface area (Å²) in [6.07, 6.45) is 1.89. The normalized spacial score (nSPS) is 12.5. The Hall–Kier alpha value is -0.560. The minimum absolute atomic E-state index is 0. The highest BCUT2D eigenvalue weighted by Gasteiger charge is 2.21. The highest BCUT2D eigenvalue weighted by molar-refractivity contribution is 5.74. The molecule has 0 amide bonds. The third kappa shape index (κ3) is 9.17. The molecular formula is C9H20Cl2N2O4. The number of hydrogen-bond acceptors (Lipinski definition) is 4. The molecule has 0 rings (SSSR count). The summed E-state index contributed by atoms with van der Waals surface area (Å²) in [6.45, 7) is 0. The van der Waals surface area contributed by atoms with E-state index in [9.17, 15) is 9.59 Å². The van der Waals surface area contributed by atoms with Gasteiger partial charge in [-0.25, -0.2) is 9.59 Å². The van der Waals surface area contributed by atoms with Crippen LogP contribution in [0.1, 0.15) is 19.3 Å². The van der Waals surface area contributed by atoms with E-state index in [-0.39, 0.29) is 48.8 Å². The summed E-state index contributed by atoms with van der Waals surface area (Å²) in [4.78, 5) is 22.0. The Morgan fingerprint density at radius 2 is 1.24 bits per heavy atom. The zero-order valence-corrected chi connectivity index (χ0v) is 11.6. The van der Waals surface area contributed by atoms with Crippen molar-refractivity contribution in [1.82, 2.24) is 0 Å². The quantitative estimate of drug-likeness (QED) is 0.474. The molecule has 17 heavy (non-hydrogen) atoms. The van der Waals surface area contributed by atoms with Crippen molar-refractivity contribution in [2.24, 2.45) is 0 Å². The van der Waals surface area contributed by atoms with Crippen LogP contribution in [0, 0.1) is 0 Å². The smallest absolute Gasteiger partial charge is 0.364 e. The van der Waals surface area contributed by atoms with Gasteiger partial charge in [0.25, 0.3) is 0 Å². The molecule has 2 atom stereocenters. The third-order valence-corrected chi connectivity index (χ3v) is 2.17. The van der Waals surface area contributed by atoms with Crippen molar-refractivity contribution < 1.29 is 55.3 Å². The van der Waals surface area contributed by atoms with E-state index < -0.39 is 0 Å². The van der Waals surface area contributed by atoms with Crippen LogP contribution in [0.15, 0.2) is 0 Å². The van der Waals surface area contributed by atoms with E-state index >= 15 is 0 Å². The molecule has 0 saturated heterocycles. The Morgan fingerprint density at radius 1 is 0.941 bits per heavy atom. The summed E-state index contributed by atoms with van der Waals surface area (Å²) in [5.41, 5.74) is 7.32. The van der Waals surface area contributed by atoms with E-state index in [4.69, 9.17) is 0 Å². The molecule has 0 saturated carbocycles. The molecule has 2 unspecified atom stereocenters. The molecule has 104 valence electrons. The zero-order valence-electron chi connectivity index (χ0n) is 10.1. The third-order valence-electron chi connectivity index (χ3n) is 2.17. The van der Waals surface area contributed by atoms with Crippen molar-refractivity contribution in [2.75, 3.05) is 14.2 Å². The van der Waals surface area contributed by atoms with Crippen molar-refractivity contribution in [3.8, 4) is 0 Å². The molecule has 0 aliphatic rings. The predicted molar refractivity (Wildman–Crippen MR) is 51.2 cm³/mol. The first-order valence-electron chi connectivity index (χ1n) is 4.84. The topological polar surface area (TPSA) is 108 Å². The lowest BCUT2D eigenvalue weighted by molar-refractivity contribution is -0.416. The Morgan fingerprint density at radius 3 is 1.47 bits per heavy atom. The standard InChI is InChI=1S/C9H18N2O4.2ClH/c1-14-8(12)6(10)4-3-5-7(11)9(13)15-2;;/h6-7H,3-5,10-11H2,1-2H3;2*1H.